The second-order valence-electron chi connectivity index (χ2n) is 5.42. The molecule has 1 aromatic carbocycles. The van der Waals surface area contributed by atoms with Gasteiger partial charge in [-0.15, -0.1) is 10.2 Å². The number of fused-ring (bicyclic) bond motifs is 1. The molecule has 0 saturated carbocycles. The highest BCUT2D eigenvalue weighted by Gasteiger charge is 2.22. The van der Waals surface area contributed by atoms with Crippen LogP contribution in [0.25, 0.3) is 11.5 Å². The number of ether oxygens (including phenoxy) is 1. The number of anilines is 1. The Bertz CT molecular complexity index is 865. The maximum atomic E-state index is 6.04. The van der Waals surface area contributed by atoms with E-state index in [1.807, 2.05) is 18.2 Å². The van der Waals surface area contributed by atoms with E-state index in [1.165, 1.54) is 12.7 Å². The minimum absolute atomic E-state index is 0.413. The summed E-state index contributed by atoms with van der Waals surface area (Å²) < 4.78 is 10.3. The number of hydrogen-bond acceptors (Lipinski definition) is 7. The number of rotatable bonds is 4. The fraction of sp³-hybridized carbons (Fsp3) is 0.250. The van der Waals surface area contributed by atoms with Crippen LogP contribution in [-0.4, -0.2) is 34.0 Å². The van der Waals surface area contributed by atoms with E-state index in [4.69, 9.17) is 20.9 Å². The van der Waals surface area contributed by atoms with Crippen molar-refractivity contribution in [2.45, 2.75) is 13.0 Å². The van der Waals surface area contributed by atoms with Gasteiger partial charge in [-0.25, -0.2) is 0 Å². The summed E-state index contributed by atoms with van der Waals surface area (Å²) in [5, 5.41) is 12.7. The minimum Gasteiger partial charge on any atom is -0.480 e. The quantitative estimate of drug-likeness (QED) is 0.720. The summed E-state index contributed by atoms with van der Waals surface area (Å²) in [5.41, 5.74) is 2.94. The Morgan fingerprint density at radius 1 is 1.25 bits per heavy atom. The first-order valence-corrected chi connectivity index (χ1v) is 7.85. The van der Waals surface area contributed by atoms with Gasteiger partial charge in [-0.3, -0.25) is 0 Å². The Morgan fingerprint density at radius 2 is 2.17 bits per heavy atom. The third-order valence-corrected chi connectivity index (χ3v) is 4.14. The van der Waals surface area contributed by atoms with Crippen LogP contribution in [0.1, 0.15) is 11.5 Å². The van der Waals surface area contributed by atoms with Gasteiger partial charge >= 0.3 is 0 Å². The van der Waals surface area contributed by atoms with Crippen LogP contribution in [0.3, 0.4) is 0 Å². The molecule has 1 aliphatic heterocycles. The van der Waals surface area contributed by atoms with Gasteiger partial charge in [-0.2, -0.15) is 4.98 Å². The smallest absolute Gasteiger partial charge is 0.246 e. The molecule has 122 valence electrons. The average molecular weight is 344 g/mol. The van der Waals surface area contributed by atoms with E-state index in [9.17, 15) is 0 Å². The van der Waals surface area contributed by atoms with E-state index in [2.05, 4.69) is 25.2 Å². The average Bonchev–Trinajstić information content (AvgIpc) is 3.22. The predicted molar refractivity (Wildman–Crippen MR) is 88.1 cm³/mol. The highest BCUT2D eigenvalue weighted by molar-refractivity contribution is 6.30. The summed E-state index contributed by atoms with van der Waals surface area (Å²) in [7, 11) is 1.54. The molecule has 0 atom stereocenters. The molecule has 4 rings (SSSR count). The number of methoxy groups -OCH3 is 1. The van der Waals surface area contributed by atoms with Crippen LogP contribution in [0.2, 0.25) is 5.02 Å². The van der Waals surface area contributed by atoms with Gasteiger partial charge < -0.3 is 14.2 Å². The van der Waals surface area contributed by atoms with Gasteiger partial charge in [0.2, 0.25) is 17.6 Å². The van der Waals surface area contributed by atoms with Crippen molar-refractivity contribution in [1.29, 1.82) is 0 Å². The SMILES string of the molecule is COc1ccc(-c2noc(CN3CCc4cc(Cl)ccc43)n2)nn1. The first kappa shape index (κ1) is 14.9. The van der Waals surface area contributed by atoms with Crippen molar-refractivity contribution in [3.05, 3.63) is 46.8 Å². The molecule has 2 aromatic heterocycles. The number of hydrogen-bond donors (Lipinski definition) is 0. The van der Waals surface area contributed by atoms with Crippen LogP contribution in [-0.2, 0) is 13.0 Å². The van der Waals surface area contributed by atoms with Crippen molar-refractivity contribution < 1.29 is 9.26 Å². The van der Waals surface area contributed by atoms with Gasteiger partial charge in [-0.05, 0) is 36.2 Å². The third-order valence-electron chi connectivity index (χ3n) is 3.91. The second-order valence-corrected chi connectivity index (χ2v) is 5.85. The molecule has 0 saturated heterocycles. The zero-order valence-corrected chi connectivity index (χ0v) is 13.7. The highest BCUT2D eigenvalue weighted by Crippen LogP contribution is 2.31. The van der Waals surface area contributed by atoms with Gasteiger partial charge in [-0.1, -0.05) is 16.8 Å². The maximum Gasteiger partial charge on any atom is 0.246 e. The predicted octanol–water partition coefficient (Wildman–Crippen LogP) is 2.75. The molecular formula is C16H14ClN5O2. The number of aromatic nitrogens is 4. The van der Waals surface area contributed by atoms with Crippen molar-refractivity contribution in [2.24, 2.45) is 0 Å². The van der Waals surface area contributed by atoms with Crippen molar-refractivity contribution in [3.8, 4) is 17.4 Å². The zero-order chi connectivity index (χ0) is 16.5. The molecule has 24 heavy (non-hydrogen) atoms. The molecule has 3 aromatic rings. The minimum atomic E-state index is 0.413. The lowest BCUT2D eigenvalue weighted by Gasteiger charge is -2.16. The van der Waals surface area contributed by atoms with E-state index in [0.717, 1.165) is 23.7 Å². The molecule has 8 heteroatoms. The topological polar surface area (TPSA) is 77.2 Å². The normalized spacial score (nSPS) is 13.2. The van der Waals surface area contributed by atoms with Crippen LogP contribution in [0, 0.1) is 0 Å². The monoisotopic (exact) mass is 343 g/mol. The van der Waals surface area contributed by atoms with Crippen LogP contribution in [0.4, 0.5) is 5.69 Å². The first-order valence-electron chi connectivity index (χ1n) is 7.47. The third kappa shape index (κ3) is 2.78. The van der Waals surface area contributed by atoms with Gasteiger partial charge in [0, 0.05) is 23.3 Å². The summed E-state index contributed by atoms with van der Waals surface area (Å²) in [6, 6.07) is 9.37. The van der Waals surface area contributed by atoms with E-state index < -0.39 is 0 Å². The molecule has 0 bridgehead atoms. The molecule has 0 aliphatic carbocycles. The Kier molecular flexibility index (Phi) is 3.78. The highest BCUT2D eigenvalue weighted by atomic mass is 35.5. The van der Waals surface area contributed by atoms with Crippen LogP contribution >= 0.6 is 11.6 Å². The Morgan fingerprint density at radius 3 is 2.96 bits per heavy atom. The van der Waals surface area contributed by atoms with Crippen molar-refractivity contribution in [3.63, 3.8) is 0 Å². The summed E-state index contributed by atoms with van der Waals surface area (Å²) in [4.78, 5) is 6.60. The molecule has 0 N–H and O–H groups in total. The molecular weight excluding hydrogens is 330 g/mol. The lowest BCUT2D eigenvalue weighted by molar-refractivity contribution is 0.377. The zero-order valence-electron chi connectivity index (χ0n) is 12.9. The van der Waals surface area contributed by atoms with Crippen molar-refractivity contribution in [2.75, 3.05) is 18.6 Å². The fourth-order valence-electron chi connectivity index (χ4n) is 2.74. The summed E-state index contributed by atoms with van der Waals surface area (Å²) in [5.74, 6) is 1.39. The van der Waals surface area contributed by atoms with E-state index in [1.54, 1.807) is 12.1 Å². The molecule has 1 aliphatic rings. The van der Waals surface area contributed by atoms with Crippen molar-refractivity contribution in [1.82, 2.24) is 20.3 Å². The largest absolute Gasteiger partial charge is 0.480 e. The molecule has 0 spiro atoms. The molecule has 0 fully saturated rings. The molecule has 3 heterocycles. The van der Waals surface area contributed by atoms with Crippen LogP contribution < -0.4 is 9.64 Å². The van der Waals surface area contributed by atoms with Crippen molar-refractivity contribution >= 4 is 17.3 Å². The lowest BCUT2D eigenvalue weighted by Crippen LogP contribution is -2.19. The summed E-state index contributed by atoms with van der Waals surface area (Å²) in [6.07, 6.45) is 0.959. The van der Waals surface area contributed by atoms with E-state index in [-0.39, 0.29) is 0 Å². The fourth-order valence-corrected chi connectivity index (χ4v) is 2.93. The molecule has 0 amide bonds. The molecule has 7 nitrogen and oxygen atoms in total. The number of benzene rings is 1. The molecule has 0 unspecified atom stereocenters. The molecule has 0 radical (unpaired) electrons. The Hall–Kier alpha value is -2.67. The Labute approximate surface area is 143 Å². The first-order chi connectivity index (χ1) is 11.7. The number of halogens is 1. The van der Waals surface area contributed by atoms with E-state index in [0.29, 0.717) is 29.8 Å². The van der Waals surface area contributed by atoms with Gasteiger partial charge in [0.1, 0.15) is 5.69 Å². The lowest BCUT2D eigenvalue weighted by atomic mass is 10.2. The summed E-state index contributed by atoms with van der Waals surface area (Å²) in [6.45, 7) is 1.45. The summed E-state index contributed by atoms with van der Waals surface area (Å²) >= 11 is 6.04. The van der Waals surface area contributed by atoms with Gasteiger partial charge in [0.15, 0.2) is 0 Å². The van der Waals surface area contributed by atoms with Crippen LogP contribution in [0.5, 0.6) is 5.88 Å². The van der Waals surface area contributed by atoms with Gasteiger partial charge in [0.25, 0.3) is 0 Å². The van der Waals surface area contributed by atoms with E-state index >= 15 is 0 Å². The van der Waals surface area contributed by atoms with Crippen LogP contribution in [0.15, 0.2) is 34.9 Å². The number of nitrogens with zero attached hydrogens (tertiary/aromatic N) is 5. The maximum absolute atomic E-state index is 6.04. The second kappa shape index (κ2) is 6.09. The Balaban J connectivity index is 1.52. The van der Waals surface area contributed by atoms with Gasteiger partial charge in [0.05, 0.1) is 13.7 Å². The standard InChI is InChI=1S/C16H14ClN5O2/c1-23-14-5-3-12(19-20-14)16-18-15(24-21-16)9-22-7-6-10-8-11(17)2-4-13(10)22/h2-5,8H,6-7,9H2,1H3.